The fourth-order valence-electron chi connectivity index (χ4n) is 7.39. The van der Waals surface area contributed by atoms with Crippen molar-refractivity contribution < 1.29 is 58.5 Å². The topological polar surface area (TPSA) is 525 Å². The summed E-state index contributed by atoms with van der Waals surface area (Å²) in [7, 11) is 0. The normalized spacial score (nSPS) is 16.3. The van der Waals surface area contributed by atoms with E-state index in [1.165, 1.54) is 23.5 Å². The van der Waals surface area contributed by atoms with Crippen LogP contribution < -0.4 is 77.4 Å². The number of rotatable bonds is 35. The third kappa shape index (κ3) is 22.2. The number of nitrogens with zero attached hydrogens (tertiary/aromatic N) is 3. The van der Waals surface area contributed by atoms with Gasteiger partial charge in [0.2, 0.25) is 47.3 Å². The second-order valence-electron chi connectivity index (χ2n) is 17.1. The summed E-state index contributed by atoms with van der Waals surface area (Å²) >= 11 is 0. The van der Waals surface area contributed by atoms with E-state index in [0.29, 0.717) is 44.3 Å². The molecule has 8 atom stereocenters. The van der Waals surface area contributed by atoms with Crippen LogP contribution in [0.3, 0.4) is 0 Å². The molecule has 25 N–H and O–H groups in total. The predicted octanol–water partition coefficient (Wildman–Crippen LogP) is -8.13. The summed E-state index contributed by atoms with van der Waals surface area (Å²) in [6, 6.07) is -9.46. The molecule has 73 heavy (non-hydrogen) atoms. The highest BCUT2D eigenvalue weighted by Crippen LogP contribution is 2.20. The summed E-state index contributed by atoms with van der Waals surface area (Å²) in [6.07, 6.45) is 5.22. The maximum atomic E-state index is 14.2. The van der Waals surface area contributed by atoms with Crippen molar-refractivity contribution in [3.05, 3.63) is 30.0 Å². The van der Waals surface area contributed by atoms with Gasteiger partial charge < -0.3 is 103 Å². The Morgan fingerprint density at radius 2 is 1.45 bits per heavy atom. The number of nitrogens with two attached hydrogens (primary N) is 7. The average molecular weight is 1040 g/mol. The quantitative estimate of drug-likeness (QED) is 0.0130. The van der Waals surface area contributed by atoms with Crippen molar-refractivity contribution in [3.8, 4) is 0 Å². The predicted molar refractivity (Wildman–Crippen MR) is 263 cm³/mol. The molecule has 1 aliphatic heterocycles. The van der Waals surface area contributed by atoms with E-state index in [4.69, 9.17) is 40.1 Å². The summed E-state index contributed by atoms with van der Waals surface area (Å²) in [6.45, 7) is -1.34. The maximum absolute atomic E-state index is 14.2. The molecule has 2 rings (SSSR count). The van der Waals surface area contributed by atoms with Gasteiger partial charge in [0, 0.05) is 37.9 Å². The Bertz CT molecular complexity index is 2020. The van der Waals surface area contributed by atoms with Gasteiger partial charge in [-0.05, 0) is 83.8 Å². The van der Waals surface area contributed by atoms with E-state index < -0.39 is 127 Å². The molecular weight excluding hydrogens is 961 g/mol. The molecule has 30 nitrogen and oxygen atoms in total. The number of amides is 8. The lowest BCUT2D eigenvalue weighted by Crippen LogP contribution is -2.61. The third-order valence-electron chi connectivity index (χ3n) is 11.4. The molecule has 0 unspecified atom stereocenters. The summed E-state index contributed by atoms with van der Waals surface area (Å²) in [5.74, 6) is -8.59. The number of H-pyrrole nitrogens is 1. The summed E-state index contributed by atoms with van der Waals surface area (Å²) in [5.41, 5.74) is 38.9. The van der Waals surface area contributed by atoms with Gasteiger partial charge in [-0.3, -0.25) is 43.3 Å². The van der Waals surface area contributed by atoms with Crippen LogP contribution in [0, 0.1) is 0 Å². The second kappa shape index (κ2) is 33.8. The largest absolute Gasteiger partial charge is 0.477 e. The van der Waals surface area contributed by atoms with Gasteiger partial charge in [0.15, 0.2) is 5.96 Å². The van der Waals surface area contributed by atoms with E-state index in [9.17, 15) is 58.5 Å². The number of aliphatic hydroxyl groups is 2. The molecule has 2 heterocycles. The minimum Gasteiger partial charge on any atom is -0.477 e. The fourth-order valence-corrected chi connectivity index (χ4v) is 7.39. The van der Waals surface area contributed by atoms with Crippen LogP contribution in [0.15, 0.2) is 29.3 Å². The van der Waals surface area contributed by atoms with Crippen molar-refractivity contribution in [2.45, 2.75) is 125 Å². The lowest BCUT2D eigenvalue weighted by molar-refractivity contribution is -0.142. The first kappa shape index (κ1) is 62.3. The third-order valence-corrected chi connectivity index (χ3v) is 11.4. The average Bonchev–Trinajstić information content (AvgIpc) is 4.08. The number of likely N-dealkylation sites (tertiary alicyclic amines) is 1. The summed E-state index contributed by atoms with van der Waals surface area (Å²) < 4.78 is 0. The van der Waals surface area contributed by atoms with Gasteiger partial charge in [-0.25, -0.2) is 9.78 Å². The van der Waals surface area contributed by atoms with Gasteiger partial charge in [-0.15, -0.1) is 0 Å². The Hall–Kier alpha value is -6.83. The van der Waals surface area contributed by atoms with Gasteiger partial charge >= 0.3 is 5.97 Å². The van der Waals surface area contributed by atoms with Crippen LogP contribution in [-0.4, -0.2) is 190 Å². The number of aliphatic hydroxyl groups excluding tert-OH is 2. The van der Waals surface area contributed by atoms with E-state index in [0.717, 1.165) is 0 Å². The SMILES string of the molecule is NCCCC[C@H](NC(=O)[C@H](Cc1cnc[nH]1)NC(=O)[C@@H]1CCCN1C(=O)[C@@H](CCCN)NC(=O)CNC(=O)[C@H](CO)NC(=O)[C@@H](NC(=O)[C@@H](N)CCCCN)[C@@H](O)CN)C(=O)N/C(=C\CCN=C(N)N)C(=O)O. The number of imidazole rings is 1. The smallest absolute Gasteiger partial charge is 0.352 e. The second-order valence-corrected chi connectivity index (χ2v) is 17.1. The molecule has 1 aromatic rings. The standard InChI is InChI=1S/C43H76N18O12/c44-13-3-1-8-25(48)35(65)60-34(32(63)19-47)40(70)59-30(22-62)36(66)53-21-33(64)55-27(10-5-15-46)41(71)61-17-7-12-31(61)39(69)58-29(18-24-20-51-23-54-24)38(68)56-26(9-2-4-14-45)37(67)57-28(42(72)73)11-6-16-52-43(49)50/h11,20,23,25-27,29-32,34,62-63H,1-10,12-19,21-22,44-48H2,(H,51,54)(H,53,66)(H,55,64)(H,56,68)(H,57,67)(H,58,69)(H,59,70)(H,60,65)(H,72,73)(H4,49,50,52)/b28-11-/t25-,26-,27+,29-,30-,31-,32-,34-/m0/s1. The van der Waals surface area contributed by atoms with E-state index in [1.807, 2.05) is 0 Å². The molecule has 1 aliphatic rings. The van der Waals surface area contributed by atoms with E-state index >= 15 is 0 Å². The lowest BCUT2D eigenvalue weighted by atomic mass is 10.1. The number of carbonyl (C=O) groups excluding carboxylic acids is 8. The van der Waals surface area contributed by atoms with Crippen LogP contribution in [-0.2, 0) is 49.6 Å². The van der Waals surface area contributed by atoms with Crippen molar-refractivity contribution in [2.75, 3.05) is 52.4 Å². The van der Waals surface area contributed by atoms with Gasteiger partial charge in [-0.2, -0.15) is 0 Å². The molecule has 0 radical (unpaired) electrons. The zero-order valence-corrected chi connectivity index (χ0v) is 40.9. The van der Waals surface area contributed by atoms with Crippen LogP contribution >= 0.6 is 0 Å². The molecule has 0 saturated carbocycles. The van der Waals surface area contributed by atoms with Crippen LogP contribution in [0.1, 0.15) is 76.3 Å². The van der Waals surface area contributed by atoms with Crippen LogP contribution in [0.2, 0.25) is 0 Å². The summed E-state index contributed by atoms with van der Waals surface area (Å²) in [4.78, 5) is 132. The molecule has 0 bridgehead atoms. The number of aromatic nitrogens is 2. The highest BCUT2D eigenvalue weighted by Gasteiger charge is 2.40. The Labute approximate surface area is 421 Å². The van der Waals surface area contributed by atoms with Crippen LogP contribution in [0.5, 0.6) is 0 Å². The molecule has 1 aromatic heterocycles. The lowest BCUT2D eigenvalue weighted by Gasteiger charge is -2.30. The number of unbranched alkanes of at least 4 members (excludes halogenated alkanes) is 2. The van der Waals surface area contributed by atoms with Crippen molar-refractivity contribution in [3.63, 3.8) is 0 Å². The number of nitrogens with one attached hydrogen (secondary N) is 8. The van der Waals surface area contributed by atoms with Crippen molar-refractivity contribution in [1.29, 1.82) is 0 Å². The first-order chi connectivity index (χ1) is 34.8. The number of carboxylic acid groups (broad SMARTS) is 1. The molecule has 1 saturated heterocycles. The highest BCUT2D eigenvalue weighted by molar-refractivity contribution is 5.99. The highest BCUT2D eigenvalue weighted by atomic mass is 16.4. The maximum Gasteiger partial charge on any atom is 0.352 e. The molecule has 410 valence electrons. The Morgan fingerprint density at radius 3 is 2.05 bits per heavy atom. The molecule has 0 spiro atoms. The van der Waals surface area contributed by atoms with Crippen molar-refractivity contribution >= 4 is 59.2 Å². The minimum absolute atomic E-state index is 0.00987. The monoisotopic (exact) mass is 1040 g/mol. The zero-order chi connectivity index (χ0) is 54.5. The Morgan fingerprint density at radius 1 is 0.795 bits per heavy atom. The van der Waals surface area contributed by atoms with Crippen LogP contribution in [0.4, 0.5) is 0 Å². The molecular formula is C43H76N18O12. The first-order valence-electron chi connectivity index (χ1n) is 24.0. The number of carboxylic acids is 1. The number of aliphatic carboxylic acids is 1. The number of aromatic amines is 1. The number of carbonyl (C=O) groups is 9. The first-order valence-corrected chi connectivity index (χ1v) is 24.0. The molecule has 1 fully saturated rings. The molecule has 0 aromatic carbocycles. The fraction of sp³-hybridized carbons (Fsp3) is 0.651. The van der Waals surface area contributed by atoms with E-state index in [1.54, 1.807) is 0 Å². The van der Waals surface area contributed by atoms with Crippen molar-refractivity contribution in [2.24, 2.45) is 45.1 Å². The van der Waals surface area contributed by atoms with Crippen LogP contribution in [0.25, 0.3) is 0 Å². The molecule has 8 amide bonds. The number of aliphatic imine (C=N–C) groups is 1. The van der Waals surface area contributed by atoms with Gasteiger partial charge in [0.25, 0.3) is 0 Å². The van der Waals surface area contributed by atoms with E-state index in [2.05, 4.69) is 52.2 Å². The van der Waals surface area contributed by atoms with E-state index in [-0.39, 0.29) is 77.1 Å². The number of hydrogen-bond acceptors (Lipinski definition) is 18. The number of hydrogen-bond donors (Lipinski definition) is 18. The molecule has 0 aliphatic carbocycles. The van der Waals surface area contributed by atoms with Gasteiger partial charge in [0.05, 0.1) is 31.6 Å². The van der Waals surface area contributed by atoms with Crippen molar-refractivity contribution in [1.82, 2.24) is 52.1 Å². The molecule has 30 heteroatoms. The Kier molecular flexibility index (Phi) is 28.8. The minimum atomic E-state index is -1.68. The summed E-state index contributed by atoms with van der Waals surface area (Å²) in [5, 5.41) is 47.1. The van der Waals surface area contributed by atoms with Gasteiger partial charge in [0.1, 0.15) is 41.9 Å². The Balaban J connectivity index is 2.22. The van der Waals surface area contributed by atoms with Gasteiger partial charge in [-0.1, -0.05) is 12.5 Å². The zero-order valence-electron chi connectivity index (χ0n) is 40.9. The number of guanidine groups is 1.